The molecule has 0 aliphatic heterocycles. The molecule has 2 rings (SSSR count). The third-order valence-corrected chi connectivity index (χ3v) is 4.19. The molecule has 2 amide bonds. The molecule has 0 aliphatic rings. The number of phenolic OH excluding ortho intramolecular Hbond substituents is 1. The molecule has 0 aliphatic carbocycles. The summed E-state index contributed by atoms with van der Waals surface area (Å²) < 4.78 is 0. The Morgan fingerprint density at radius 3 is 2.11 bits per heavy atom. The van der Waals surface area contributed by atoms with Crippen molar-refractivity contribution < 1.29 is 14.7 Å². The minimum Gasteiger partial charge on any atom is -0.507 e. The number of nitrogens with one attached hydrogen (secondary N) is 2. The minimum atomic E-state index is -0.483. The third kappa shape index (κ3) is 5.00. The number of nitrogens with zero attached hydrogens (tertiary/aromatic N) is 1. The molecular weight excluding hydrogens is 342 g/mol. The summed E-state index contributed by atoms with van der Waals surface area (Å²) in [7, 11) is 0. The van der Waals surface area contributed by atoms with Crippen molar-refractivity contribution in [2.75, 3.05) is 0 Å². The molecule has 0 heterocycles. The Morgan fingerprint density at radius 1 is 1.00 bits per heavy atom. The highest BCUT2D eigenvalue weighted by Gasteiger charge is 2.18. The van der Waals surface area contributed by atoms with E-state index < -0.39 is 5.91 Å². The van der Waals surface area contributed by atoms with Crippen molar-refractivity contribution in [1.29, 1.82) is 0 Å². The molecule has 0 spiro atoms. The predicted molar refractivity (Wildman–Crippen MR) is 107 cm³/mol. The van der Waals surface area contributed by atoms with Crippen LogP contribution in [0.2, 0.25) is 0 Å². The monoisotopic (exact) mass is 369 g/mol. The fraction of sp³-hybridized carbons (Fsp3) is 0.333. The van der Waals surface area contributed by atoms with Crippen molar-refractivity contribution in [2.45, 2.75) is 46.7 Å². The molecule has 6 nitrogen and oxygen atoms in total. The SMILES string of the molecule is CC(=CC(=O)N(C(C)C)C(C)C)NNC(=O)c1cc2ccccc2cc1O. The van der Waals surface area contributed by atoms with E-state index in [-0.39, 0.29) is 29.3 Å². The maximum Gasteiger partial charge on any atom is 0.273 e. The Labute approximate surface area is 159 Å². The molecule has 0 radical (unpaired) electrons. The van der Waals surface area contributed by atoms with Crippen LogP contribution >= 0.6 is 0 Å². The van der Waals surface area contributed by atoms with Crippen molar-refractivity contribution in [3.8, 4) is 5.75 Å². The lowest BCUT2D eigenvalue weighted by Crippen LogP contribution is -2.42. The van der Waals surface area contributed by atoms with Gasteiger partial charge < -0.3 is 15.4 Å². The summed E-state index contributed by atoms with van der Waals surface area (Å²) in [6.45, 7) is 9.52. The van der Waals surface area contributed by atoms with Crippen LogP contribution in [0.15, 0.2) is 48.2 Å². The van der Waals surface area contributed by atoms with E-state index in [0.29, 0.717) is 5.70 Å². The van der Waals surface area contributed by atoms with Gasteiger partial charge in [0.25, 0.3) is 5.91 Å². The molecule has 0 aromatic heterocycles. The van der Waals surface area contributed by atoms with Crippen molar-refractivity contribution in [3.63, 3.8) is 0 Å². The number of rotatable bonds is 6. The van der Waals surface area contributed by atoms with Gasteiger partial charge in [-0.2, -0.15) is 0 Å². The predicted octanol–water partition coefficient (Wildman–Crippen LogP) is 3.33. The van der Waals surface area contributed by atoms with Gasteiger partial charge in [-0.05, 0) is 57.5 Å². The summed E-state index contributed by atoms with van der Waals surface area (Å²) in [5.41, 5.74) is 5.90. The summed E-state index contributed by atoms with van der Waals surface area (Å²) in [5.74, 6) is -0.715. The lowest BCUT2D eigenvalue weighted by Gasteiger charge is -2.29. The fourth-order valence-electron chi connectivity index (χ4n) is 3.03. The van der Waals surface area contributed by atoms with E-state index in [4.69, 9.17) is 0 Å². The summed E-state index contributed by atoms with van der Waals surface area (Å²) in [6, 6.07) is 10.8. The van der Waals surface area contributed by atoms with Crippen LogP contribution in [0.3, 0.4) is 0 Å². The molecule has 3 N–H and O–H groups in total. The maximum absolute atomic E-state index is 12.4. The Balaban J connectivity index is 2.08. The van der Waals surface area contributed by atoms with Gasteiger partial charge in [0.15, 0.2) is 0 Å². The van der Waals surface area contributed by atoms with Crippen molar-refractivity contribution in [2.24, 2.45) is 0 Å². The summed E-state index contributed by atoms with van der Waals surface area (Å²) >= 11 is 0. The largest absolute Gasteiger partial charge is 0.507 e. The highest BCUT2D eigenvalue weighted by atomic mass is 16.3. The lowest BCUT2D eigenvalue weighted by molar-refractivity contribution is -0.129. The second kappa shape index (κ2) is 8.58. The quantitative estimate of drug-likeness (QED) is 0.539. The number of benzene rings is 2. The van der Waals surface area contributed by atoms with Gasteiger partial charge in [-0.25, -0.2) is 0 Å². The third-order valence-electron chi connectivity index (χ3n) is 4.19. The lowest BCUT2D eigenvalue weighted by atomic mass is 10.1. The molecule has 2 aromatic carbocycles. The molecule has 0 unspecified atom stereocenters. The van der Waals surface area contributed by atoms with Gasteiger partial charge in [-0.3, -0.25) is 15.0 Å². The Hall–Kier alpha value is -3.02. The highest BCUT2D eigenvalue weighted by Crippen LogP contribution is 2.24. The van der Waals surface area contributed by atoms with Gasteiger partial charge in [0.1, 0.15) is 5.75 Å². The number of aromatic hydroxyl groups is 1. The number of allylic oxidation sites excluding steroid dienone is 1. The zero-order chi connectivity index (χ0) is 20.1. The smallest absolute Gasteiger partial charge is 0.273 e. The first-order valence-electron chi connectivity index (χ1n) is 8.99. The van der Waals surface area contributed by atoms with Crippen LogP contribution < -0.4 is 10.9 Å². The summed E-state index contributed by atoms with van der Waals surface area (Å²) in [5, 5.41) is 11.8. The van der Waals surface area contributed by atoms with Crippen LogP contribution in [0.5, 0.6) is 5.75 Å². The zero-order valence-electron chi connectivity index (χ0n) is 16.4. The van der Waals surface area contributed by atoms with E-state index in [0.717, 1.165) is 10.8 Å². The molecule has 2 aromatic rings. The van der Waals surface area contributed by atoms with E-state index in [9.17, 15) is 14.7 Å². The number of hydrogen-bond donors (Lipinski definition) is 3. The van der Waals surface area contributed by atoms with Crippen molar-refractivity contribution >= 4 is 22.6 Å². The summed E-state index contributed by atoms with van der Waals surface area (Å²) in [6.07, 6.45) is 1.44. The highest BCUT2D eigenvalue weighted by molar-refractivity contribution is 6.01. The molecule has 0 saturated heterocycles. The number of phenols is 1. The Bertz CT molecular complexity index is 864. The number of hydrogen-bond acceptors (Lipinski definition) is 4. The van der Waals surface area contributed by atoms with E-state index in [1.54, 1.807) is 24.0 Å². The van der Waals surface area contributed by atoms with Gasteiger partial charge in [-0.15, -0.1) is 0 Å². The van der Waals surface area contributed by atoms with Gasteiger partial charge in [0.05, 0.1) is 5.56 Å². The second-order valence-electron chi connectivity index (χ2n) is 7.06. The number of carbonyl (C=O) groups excluding carboxylic acids is 2. The van der Waals surface area contributed by atoms with E-state index in [2.05, 4.69) is 10.9 Å². The number of carbonyl (C=O) groups is 2. The first-order valence-corrected chi connectivity index (χ1v) is 8.99. The first kappa shape index (κ1) is 20.3. The number of amides is 2. The van der Waals surface area contributed by atoms with Crippen molar-refractivity contribution in [1.82, 2.24) is 15.8 Å². The molecule has 0 fully saturated rings. The van der Waals surface area contributed by atoms with Gasteiger partial charge in [-0.1, -0.05) is 24.3 Å². The van der Waals surface area contributed by atoms with Crippen LogP contribution in [0.1, 0.15) is 45.0 Å². The fourth-order valence-corrected chi connectivity index (χ4v) is 3.03. The van der Waals surface area contributed by atoms with Gasteiger partial charge in [0, 0.05) is 23.9 Å². The Kier molecular flexibility index (Phi) is 6.45. The molecule has 0 saturated carbocycles. The molecule has 0 bridgehead atoms. The van der Waals surface area contributed by atoms with Gasteiger partial charge in [0.2, 0.25) is 5.91 Å². The number of fused-ring (bicyclic) bond motifs is 1. The standard InChI is InChI=1S/C21H27N3O3/c1-13(2)24(14(3)4)20(26)10-15(5)22-23-21(27)18-11-16-8-6-7-9-17(16)12-19(18)25/h6-14,22,25H,1-5H3,(H,23,27). The molecule has 144 valence electrons. The second-order valence-corrected chi connectivity index (χ2v) is 7.06. The van der Waals surface area contributed by atoms with Gasteiger partial charge >= 0.3 is 0 Å². The first-order chi connectivity index (χ1) is 12.7. The number of hydrazine groups is 1. The van der Waals surface area contributed by atoms with Crippen LogP contribution in [0.4, 0.5) is 0 Å². The topological polar surface area (TPSA) is 81.7 Å². The van der Waals surface area contributed by atoms with Crippen molar-refractivity contribution in [3.05, 3.63) is 53.7 Å². The van der Waals surface area contributed by atoms with E-state index in [1.807, 2.05) is 52.0 Å². The average molecular weight is 369 g/mol. The molecule has 0 atom stereocenters. The molecular formula is C21H27N3O3. The molecule has 6 heteroatoms. The van der Waals surface area contributed by atoms with Crippen LogP contribution in [0.25, 0.3) is 10.8 Å². The normalized spacial score (nSPS) is 11.7. The average Bonchev–Trinajstić information content (AvgIpc) is 2.58. The van der Waals surface area contributed by atoms with E-state index >= 15 is 0 Å². The van der Waals surface area contributed by atoms with Crippen LogP contribution in [0, 0.1) is 0 Å². The molecule has 27 heavy (non-hydrogen) atoms. The van der Waals surface area contributed by atoms with Crippen LogP contribution in [-0.2, 0) is 4.79 Å². The maximum atomic E-state index is 12.4. The van der Waals surface area contributed by atoms with E-state index in [1.165, 1.54) is 6.08 Å². The summed E-state index contributed by atoms with van der Waals surface area (Å²) in [4.78, 5) is 26.6. The minimum absolute atomic E-state index is 0.0747. The van der Waals surface area contributed by atoms with Crippen LogP contribution in [-0.4, -0.2) is 33.9 Å². The zero-order valence-corrected chi connectivity index (χ0v) is 16.4. The Morgan fingerprint density at radius 2 is 1.56 bits per heavy atom.